The Bertz CT molecular complexity index is 740. The molecule has 0 aliphatic carbocycles. The number of rotatable bonds is 2. The molecule has 0 bridgehead atoms. The third kappa shape index (κ3) is 3.56. The van der Waals surface area contributed by atoms with Crippen LogP contribution in [-0.4, -0.2) is 98.1 Å². The molecule has 0 spiro atoms. The van der Waals surface area contributed by atoms with Crippen molar-refractivity contribution < 1.29 is 9.53 Å². The fourth-order valence-corrected chi connectivity index (χ4v) is 5.99. The minimum atomic E-state index is 0.0493. The Balaban J connectivity index is 1.22. The molecule has 0 radical (unpaired) electrons. The van der Waals surface area contributed by atoms with Crippen LogP contribution in [0.3, 0.4) is 0 Å². The lowest BCUT2D eigenvalue weighted by Crippen LogP contribution is -2.55. The monoisotopic (exact) mass is 398 g/mol. The van der Waals surface area contributed by atoms with Crippen molar-refractivity contribution in [2.24, 2.45) is 11.8 Å². The Kier molecular flexibility index (Phi) is 5.26. The average Bonchev–Trinajstić information content (AvgIpc) is 3.11. The summed E-state index contributed by atoms with van der Waals surface area (Å²) >= 11 is 0. The SMILES string of the molecule is CN1CCC(N2CCN(C(=O)[C@@H]3CN(C)[C@H]4c5ccccc5OC[C@@H]34)CC2)CC1. The first kappa shape index (κ1) is 19.3. The smallest absolute Gasteiger partial charge is 0.227 e. The predicted octanol–water partition coefficient (Wildman–Crippen LogP) is 1.54. The minimum absolute atomic E-state index is 0.0493. The van der Waals surface area contributed by atoms with Crippen molar-refractivity contribution in [3.05, 3.63) is 29.8 Å². The molecule has 6 nitrogen and oxygen atoms in total. The first-order chi connectivity index (χ1) is 14.1. The van der Waals surface area contributed by atoms with E-state index in [0.29, 0.717) is 24.6 Å². The summed E-state index contributed by atoms with van der Waals surface area (Å²) < 4.78 is 6.05. The summed E-state index contributed by atoms with van der Waals surface area (Å²) in [6.07, 6.45) is 2.52. The van der Waals surface area contributed by atoms with E-state index >= 15 is 0 Å². The molecule has 1 aromatic rings. The lowest BCUT2D eigenvalue weighted by Gasteiger charge is -2.43. The number of carbonyl (C=O) groups is 1. The number of nitrogens with zero attached hydrogens (tertiary/aromatic N) is 4. The van der Waals surface area contributed by atoms with Crippen molar-refractivity contribution in [1.82, 2.24) is 19.6 Å². The molecular weight excluding hydrogens is 364 g/mol. The molecule has 6 heteroatoms. The lowest BCUT2D eigenvalue weighted by molar-refractivity contribution is -0.139. The number of benzene rings is 1. The molecule has 1 amide bonds. The maximum atomic E-state index is 13.5. The average molecular weight is 399 g/mol. The van der Waals surface area contributed by atoms with Gasteiger partial charge >= 0.3 is 0 Å². The Hall–Kier alpha value is -1.63. The number of carbonyl (C=O) groups excluding carboxylic acids is 1. The summed E-state index contributed by atoms with van der Waals surface area (Å²) in [5.74, 6) is 1.64. The van der Waals surface area contributed by atoms with E-state index < -0.39 is 0 Å². The zero-order valence-electron chi connectivity index (χ0n) is 17.8. The highest BCUT2D eigenvalue weighted by molar-refractivity contribution is 5.80. The molecule has 4 aliphatic rings. The van der Waals surface area contributed by atoms with E-state index in [4.69, 9.17) is 4.74 Å². The van der Waals surface area contributed by atoms with Gasteiger partial charge in [0, 0.05) is 56.3 Å². The highest BCUT2D eigenvalue weighted by atomic mass is 16.5. The zero-order chi connectivity index (χ0) is 20.0. The summed E-state index contributed by atoms with van der Waals surface area (Å²) in [5, 5.41) is 0. The van der Waals surface area contributed by atoms with Gasteiger partial charge in [0.2, 0.25) is 5.91 Å². The van der Waals surface area contributed by atoms with E-state index in [1.807, 2.05) is 6.07 Å². The molecule has 0 aromatic heterocycles. The van der Waals surface area contributed by atoms with Crippen LogP contribution in [0.15, 0.2) is 24.3 Å². The van der Waals surface area contributed by atoms with Gasteiger partial charge in [0.25, 0.3) is 0 Å². The van der Waals surface area contributed by atoms with Gasteiger partial charge in [-0.25, -0.2) is 0 Å². The highest BCUT2D eigenvalue weighted by Crippen LogP contribution is 2.46. The fraction of sp³-hybridized carbons (Fsp3) is 0.696. The van der Waals surface area contributed by atoms with Gasteiger partial charge in [0.15, 0.2) is 0 Å². The van der Waals surface area contributed by atoms with Crippen LogP contribution >= 0.6 is 0 Å². The third-order valence-corrected chi connectivity index (χ3v) is 7.70. The largest absolute Gasteiger partial charge is 0.493 e. The number of hydrogen-bond acceptors (Lipinski definition) is 5. The molecule has 3 atom stereocenters. The van der Waals surface area contributed by atoms with Crippen molar-refractivity contribution in [2.45, 2.75) is 24.9 Å². The van der Waals surface area contributed by atoms with Gasteiger partial charge in [-0.05, 0) is 46.1 Å². The van der Waals surface area contributed by atoms with E-state index in [0.717, 1.165) is 38.5 Å². The number of likely N-dealkylation sites (tertiary alicyclic amines) is 2. The van der Waals surface area contributed by atoms with Crippen molar-refractivity contribution in [1.29, 1.82) is 0 Å². The van der Waals surface area contributed by atoms with E-state index in [9.17, 15) is 4.79 Å². The molecule has 3 saturated heterocycles. The Morgan fingerprint density at radius 2 is 1.72 bits per heavy atom. The van der Waals surface area contributed by atoms with Crippen LogP contribution in [0.25, 0.3) is 0 Å². The molecule has 1 aromatic carbocycles. The second-order valence-corrected chi connectivity index (χ2v) is 9.40. The third-order valence-electron chi connectivity index (χ3n) is 7.70. The highest BCUT2D eigenvalue weighted by Gasteiger charge is 2.48. The summed E-state index contributed by atoms with van der Waals surface area (Å²) in [6, 6.07) is 9.33. The molecule has 0 saturated carbocycles. The van der Waals surface area contributed by atoms with Crippen molar-refractivity contribution in [3.63, 3.8) is 0 Å². The van der Waals surface area contributed by atoms with Gasteiger partial charge in [-0.2, -0.15) is 0 Å². The Morgan fingerprint density at radius 3 is 2.48 bits per heavy atom. The van der Waals surface area contributed by atoms with Crippen molar-refractivity contribution in [2.75, 3.05) is 66.5 Å². The van der Waals surface area contributed by atoms with Crippen LogP contribution in [-0.2, 0) is 4.79 Å². The molecule has 0 N–H and O–H groups in total. The number of piperazine rings is 1. The normalized spacial score (nSPS) is 31.9. The quantitative estimate of drug-likeness (QED) is 0.756. The van der Waals surface area contributed by atoms with Crippen molar-refractivity contribution in [3.8, 4) is 5.75 Å². The van der Waals surface area contributed by atoms with Crippen LogP contribution in [0.1, 0.15) is 24.4 Å². The molecular formula is C23H34N4O2. The second-order valence-electron chi connectivity index (χ2n) is 9.40. The number of hydrogen-bond donors (Lipinski definition) is 0. The number of fused-ring (bicyclic) bond motifs is 3. The molecule has 4 heterocycles. The van der Waals surface area contributed by atoms with E-state index in [1.54, 1.807) is 0 Å². The van der Waals surface area contributed by atoms with Crippen LogP contribution in [0, 0.1) is 11.8 Å². The first-order valence-corrected chi connectivity index (χ1v) is 11.2. The van der Waals surface area contributed by atoms with Crippen LogP contribution in [0.5, 0.6) is 5.75 Å². The van der Waals surface area contributed by atoms with Gasteiger partial charge in [-0.15, -0.1) is 0 Å². The van der Waals surface area contributed by atoms with E-state index in [1.165, 1.54) is 31.5 Å². The topological polar surface area (TPSA) is 39.3 Å². The lowest BCUT2D eigenvalue weighted by atomic mass is 9.84. The first-order valence-electron chi connectivity index (χ1n) is 11.2. The zero-order valence-corrected chi connectivity index (χ0v) is 17.8. The summed E-state index contributed by atoms with van der Waals surface area (Å²) in [7, 11) is 4.37. The predicted molar refractivity (Wildman–Crippen MR) is 113 cm³/mol. The number of piperidine rings is 1. The van der Waals surface area contributed by atoms with Crippen LogP contribution in [0.2, 0.25) is 0 Å². The second kappa shape index (κ2) is 7.89. The van der Waals surface area contributed by atoms with Gasteiger partial charge in [-0.3, -0.25) is 14.6 Å². The summed E-state index contributed by atoms with van der Waals surface area (Å²) in [5.41, 5.74) is 1.24. The van der Waals surface area contributed by atoms with Crippen molar-refractivity contribution >= 4 is 5.91 Å². The van der Waals surface area contributed by atoms with Crippen LogP contribution in [0.4, 0.5) is 0 Å². The van der Waals surface area contributed by atoms with Gasteiger partial charge in [0.1, 0.15) is 5.75 Å². The Morgan fingerprint density at radius 1 is 1.00 bits per heavy atom. The summed E-state index contributed by atoms with van der Waals surface area (Å²) in [6.45, 7) is 7.68. The molecule has 0 unspecified atom stereocenters. The maximum absolute atomic E-state index is 13.5. The van der Waals surface area contributed by atoms with E-state index in [2.05, 4.69) is 51.9 Å². The standard InChI is InChI=1S/C23H34N4O2/c1-24-9-7-17(8-10-24)26-11-13-27(14-12-26)23(28)19-15-25(2)22-18-5-3-4-6-21(18)29-16-20(19)22/h3-6,17,19-20,22H,7-16H2,1-2H3/t19-,20+,22+/m1/s1. The fourth-order valence-electron chi connectivity index (χ4n) is 5.99. The molecule has 158 valence electrons. The van der Waals surface area contributed by atoms with Gasteiger partial charge < -0.3 is 14.5 Å². The molecule has 29 heavy (non-hydrogen) atoms. The van der Waals surface area contributed by atoms with Crippen LogP contribution < -0.4 is 4.74 Å². The molecule has 3 fully saturated rings. The Labute approximate surface area is 174 Å². The number of ether oxygens (including phenoxy) is 1. The minimum Gasteiger partial charge on any atom is -0.493 e. The number of amides is 1. The summed E-state index contributed by atoms with van der Waals surface area (Å²) in [4.78, 5) is 23.0. The van der Waals surface area contributed by atoms with Gasteiger partial charge in [-0.1, -0.05) is 18.2 Å². The van der Waals surface area contributed by atoms with Gasteiger partial charge in [0.05, 0.1) is 12.5 Å². The maximum Gasteiger partial charge on any atom is 0.227 e. The molecule has 5 rings (SSSR count). The molecule has 4 aliphatic heterocycles. The van der Waals surface area contributed by atoms with E-state index in [-0.39, 0.29) is 11.8 Å². The number of para-hydroxylation sites is 1.